The Balaban J connectivity index is 1.58. The van der Waals surface area contributed by atoms with Crippen molar-refractivity contribution >= 4 is 0 Å². The molecule has 1 N–H and O–H groups in total. The summed E-state index contributed by atoms with van der Waals surface area (Å²) < 4.78 is 10.5. The molecule has 0 aliphatic rings. The van der Waals surface area contributed by atoms with Gasteiger partial charge in [-0.25, -0.2) is 0 Å². The van der Waals surface area contributed by atoms with Gasteiger partial charge in [-0.05, 0) is 31.3 Å². The van der Waals surface area contributed by atoms with E-state index in [1.807, 2.05) is 24.3 Å². The first-order chi connectivity index (χ1) is 8.34. The molecule has 0 bridgehead atoms. The molecule has 0 spiro atoms. The molecule has 0 unspecified atom stereocenters. The Labute approximate surface area is 101 Å². The van der Waals surface area contributed by atoms with E-state index in [4.69, 9.17) is 8.83 Å². The third-order valence-electron chi connectivity index (χ3n) is 2.56. The van der Waals surface area contributed by atoms with Crippen LogP contribution in [0.4, 0.5) is 0 Å². The van der Waals surface area contributed by atoms with E-state index in [0.717, 1.165) is 37.7 Å². The molecule has 92 valence electrons. The lowest BCUT2D eigenvalue weighted by Gasteiger charge is -2.14. The Morgan fingerprint density at radius 2 is 1.82 bits per heavy atom. The van der Waals surface area contributed by atoms with Crippen LogP contribution in [-0.2, 0) is 13.1 Å². The molecule has 2 heterocycles. The van der Waals surface area contributed by atoms with E-state index in [2.05, 4.69) is 17.3 Å². The Hall–Kier alpha value is -1.52. The normalized spacial score (nSPS) is 11.2. The van der Waals surface area contributed by atoms with E-state index in [1.54, 1.807) is 12.5 Å². The molecule has 0 aliphatic heterocycles. The zero-order valence-corrected chi connectivity index (χ0v) is 10.1. The van der Waals surface area contributed by atoms with Gasteiger partial charge in [0.05, 0.1) is 25.6 Å². The quantitative estimate of drug-likeness (QED) is 0.745. The van der Waals surface area contributed by atoms with Crippen molar-refractivity contribution in [2.75, 3.05) is 20.1 Å². The van der Waals surface area contributed by atoms with Crippen LogP contribution in [0.25, 0.3) is 0 Å². The van der Waals surface area contributed by atoms with Crippen LogP contribution in [0, 0.1) is 0 Å². The summed E-state index contributed by atoms with van der Waals surface area (Å²) in [5.41, 5.74) is 0. The van der Waals surface area contributed by atoms with Crippen molar-refractivity contribution < 1.29 is 8.83 Å². The van der Waals surface area contributed by atoms with Gasteiger partial charge in [0.15, 0.2) is 0 Å². The van der Waals surface area contributed by atoms with E-state index < -0.39 is 0 Å². The van der Waals surface area contributed by atoms with Crippen molar-refractivity contribution in [3.8, 4) is 0 Å². The zero-order valence-electron chi connectivity index (χ0n) is 10.1. The van der Waals surface area contributed by atoms with Crippen LogP contribution in [0.1, 0.15) is 11.5 Å². The first kappa shape index (κ1) is 12.0. The Morgan fingerprint density at radius 3 is 2.47 bits per heavy atom. The van der Waals surface area contributed by atoms with Gasteiger partial charge in [-0.15, -0.1) is 0 Å². The number of nitrogens with zero attached hydrogens (tertiary/aromatic N) is 1. The van der Waals surface area contributed by atoms with E-state index in [9.17, 15) is 0 Å². The second-order valence-electron chi connectivity index (χ2n) is 4.07. The van der Waals surface area contributed by atoms with Crippen molar-refractivity contribution in [2.45, 2.75) is 13.1 Å². The Bertz CT molecular complexity index is 395. The summed E-state index contributed by atoms with van der Waals surface area (Å²) in [5.74, 6) is 1.97. The maximum Gasteiger partial charge on any atom is 0.117 e. The van der Waals surface area contributed by atoms with Gasteiger partial charge in [0, 0.05) is 13.1 Å². The molecule has 0 aromatic carbocycles. The summed E-state index contributed by atoms with van der Waals surface area (Å²) in [4.78, 5) is 2.22. The Morgan fingerprint density at radius 1 is 1.12 bits per heavy atom. The SMILES string of the molecule is CN(CCNCc1ccco1)Cc1ccco1. The molecule has 2 aromatic heterocycles. The molecule has 4 nitrogen and oxygen atoms in total. The van der Waals surface area contributed by atoms with Crippen LogP contribution in [-0.4, -0.2) is 25.0 Å². The minimum atomic E-state index is 0.779. The van der Waals surface area contributed by atoms with Gasteiger partial charge in [-0.2, -0.15) is 0 Å². The molecule has 4 heteroatoms. The van der Waals surface area contributed by atoms with Crippen molar-refractivity contribution in [1.29, 1.82) is 0 Å². The molecule has 0 radical (unpaired) electrons. The lowest BCUT2D eigenvalue weighted by atomic mass is 10.4. The van der Waals surface area contributed by atoms with E-state index in [1.165, 1.54) is 0 Å². The minimum absolute atomic E-state index is 0.779. The van der Waals surface area contributed by atoms with Crippen molar-refractivity contribution in [3.63, 3.8) is 0 Å². The fourth-order valence-electron chi connectivity index (χ4n) is 1.64. The van der Waals surface area contributed by atoms with Gasteiger partial charge < -0.3 is 14.2 Å². The summed E-state index contributed by atoms with van der Waals surface area (Å²) in [6, 6.07) is 7.78. The molecule has 0 saturated carbocycles. The molecule has 2 aromatic rings. The van der Waals surface area contributed by atoms with Gasteiger partial charge in [0.1, 0.15) is 11.5 Å². The van der Waals surface area contributed by atoms with E-state index in [0.29, 0.717) is 0 Å². The van der Waals surface area contributed by atoms with Crippen LogP contribution in [0.2, 0.25) is 0 Å². The molecule has 0 amide bonds. The number of nitrogens with one attached hydrogen (secondary N) is 1. The van der Waals surface area contributed by atoms with E-state index in [-0.39, 0.29) is 0 Å². The molecule has 0 saturated heterocycles. The predicted octanol–water partition coefficient (Wildman–Crippen LogP) is 2.09. The third-order valence-corrected chi connectivity index (χ3v) is 2.56. The van der Waals surface area contributed by atoms with Crippen molar-refractivity contribution in [2.24, 2.45) is 0 Å². The zero-order chi connectivity index (χ0) is 11.9. The summed E-state index contributed by atoms with van der Waals surface area (Å²) >= 11 is 0. The fourth-order valence-corrected chi connectivity index (χ4v) is 1.64. The number of likely N-dealkylation sites (N-methyl/N-ethyl adjacent to an activating group) is 1. The Kier molecular flexibility index (Phi) is 4.41. The summed E-state index contributed by atoms with van der Waals surface area (Å²) in [7, 11) is 2.08. The molecule has 17 heavy (non-hydrogen) atoms. The fraction of sp³-hybridized carbons (Fsp3) is 0.385. The average Bonchev–Trinajstić information content (AvgIpc) is 2.96. The number of hydrogen-bond donors (Lipinski definition) is 1. The minimum Gasteiger partial charge on any atom is -0.468 e. The van der Waals surface area contributed by atoms with Crippen LogP contribution in [0.5, 0.6) is 0 Å². The van der Waals surface area contributed by atoms with Crippen molar-refractivity contribution in [1.82, 2.24) is 10.2 Å². The van der Waals surface area contributed by atoms with E-state index >= 15 is 0 Å². The maximum absolute atomic E-state index is 5.29. The molecular formula is C13H18N2O2. The highest BCUT2D eigenvalue weighted by molar-refractivity contribution is 4.98. The monoisotopic (exact) mass is 234 g/mol. The topological polar surface area (TPSA) is 41.5 Å². The second-order valence-corrected chi connectivity index (χ2v) is 4.07. The van der Waals surface area contributed by atoms with Gasteiger partial charge in [0.25, 0.3) is 0 Å². The van der Waals surface area contributed by atoms with Gasteiger partial charge in [0.2, 0.25) is 0 Å². The largest absolute Gasteiger partial charge is 0.468 e. The highest BCUT2D eigenvalue weighted by Crippen LogP contribution is 2.03. The third kappa shape index (κ3) is 4.09. The highest BCUT2D eigenvalue weighted by Gasteiger charge is 2.02. The van der Waals surface area contributed by atoms with Crippen LogP contribution in [0.3, 0.4) is 0 Å². The first-order valence-electron chi connectivity index (χ1n) is 5.78. The van der Waals surface area contributed by atoms with Crippen LogP contribution < -0.4 is 5.32 Å². The lowest BCUT2D eigenvalue weighted by Crippen LogP contribution is -2.28. The summed E-state index contributed by atoms with van der Waals surface area (Å²) in [6.45, 7) is 3.52. The molecule has 0 fully saturated rings. The van der Waals surface area contributed by atoms with Gasteiger partial charge >= 0.3 is 0 Å². The standard InChI is InChI=1S/C13H18N2O2/c1-15(11-13-5-3-9-17-13)7-6-14-10-12-4-2-8-16-12/h2-5,8-9,14H,6-7,10-11H2,1H3. The first-order valence-corrected chi connectivity index (χ1v) is 5.78. The van der Waals surface area contributed by atoms with Crippen LogP contribution >= 0.6 is 0 Å². The summed E-state index contributed by atoms with van der Waals surface area (Å²) in [6.07, 6.45) is 3.40. The second kappa shape index (κ2) is 6.27. The van der Waals surface area contributed by atoms with Crippen LogP contribution in [0.15, 0.2) is 45.6 Å². The van der Waals surface area contributed by atoms with Gasteiger partial charge in [-0.1, -0.05) is 0 Å². The molecule has 0 aliphatic carbocycles. The number of rotatable bonds is 7. The predicted molar refractivity (Wildman–Crippen MR) is 65.5 cm³/mol. The van der Waals surface area contributed by atoms with Gasteiger partial charge in [-0.3, -0.25) is 4.90 Å². The summed E-state index contributed by atoms with van der Waals surface area (Å²) in [5, 5.41) is 3.33. The number of hydrogen-bond acceptors (Lipinski definition) is 4. The number of furan rings is 2. The highest BCUT2D eigenvalue weighted by atomic mass is 16.3. The smallest absolute Gasteiger partial charge is 0.117 e. The average molecular weight is 234 g/mol. The lowest BCUT2D eigenvalue weighted by molar-refractivity contribution is 0.292. The van der Waals surface area contributed by atoms with Crippen molar-refractivity contribution in [3.05, 3.63) is 48.3 Å². The molecular weight excluding hydrogens is 216 g/mol. The molecule has 2 rings (SSSR count). The maximum atomic E-state index is 5.29. The molecule has 0 atom stereocenters.